The van der Waals surface area contributed by atoms with E-state index in [1.807, 2.05) is 29.2 Å². The van der Waals surface area contributed by atoms with Gasteiger partial charge in [0, 0.05) is 19.6 Å². The lowest BCUT2D eigenvalue weighted by Crippen LogP contribution is -2.22. The summed E-state index contributed by atoms with van der Waals surface area (Å²) in [7, 11) is 1.64. The van der Waals surface area contributed by atoms with Crippen LogP contribution in [0.15, 0.2) is 24.3 Å². The molecule has 1 aromatic rings. The summed E-state index contributed by atoms with van der Waals surface area (Å²) in [5.41, 5.74) is 1.15. The van der Waals surface area contributed by atoms with Crippen LogP contribution in [0.1, 0.15) is 5.56 Å². The van der Waals surface area contributed by atoms with Crippen LogP contribution in [0.5, 0.6) is 5.75 Å². The van der Waals surface area contributed by atoms with Crippen molar-refractivity contribution in [3.63, 3.8) is 0 Å². The Hall–Kier alpha value is -1.10. The number of likely N-dealkylation sites (tertiary alicyclic amines) is 1. The lowest BCUT2D eigenvalue weighted by atomic mass is 10.2. The van der Waals surface area contributed by atoms with Gasteiger partial charge < -0.3 is 14.9 Å². The average molecular weight is 223 g/mol. The van der Waals surface area contributed by atoms with Crippen molar-refractivity contribution >= 4 is 0 Å². The lowest BCUT2D eigenvalue weighted by Gasteiger charge is -2.14. The zero-order valence-corrected chi connectivity index (χ0v) is 9.34. The largest absolute Gasteiger partial charge is 0.497 e. The van der Waals surface area contributed by atoms with E-state index in [1.165, 1.54) is 0 Å². The minimum absolute atomic E-state index is 0.535. The predicted molar refractivity (Wildman–Crippen MR) is 60.3 cm³/mol. The number of ether oxygens (including phenoxy) is 1. The number of nitrogens with zero attached hydrogens (tertiary/aromatic N) is 1. The summed E-state index contributed by atoms with van der Waals surface area (Å²) in [6.07, 6.45) is -1.23. The maximum Gasteiger partial charge on any atom is 0.118 e. The summed E-state index contributed by atoms with van der Waals surface area (Å²) in [5.74, 6) is 0.838. The quantitative estimate of drug-likeness (QED) is 0.770. The van der Waals surface area contributed by atoms with E-state index in [0.717, 1.165) is 17.9 Å². The molecule has 2 rings (SSSR count). The van der Waals surface area contributed by atoms with Crippen molar-refractivity contribution in [3.05, 3.63) is 29.8 Å². The molecule has 1 aliphatic rings. The molecule has 16 heavy (non-hydrogen) atoms. The first-order chi connectivity index (χ1) is 7.69. The normalized spacial score (nSPS) is 25.9. The number of β-amino-alcohol motifs (C(OH)–C–C–N with tert-alkyl or cyclic N) is 2. The van der Waals surface area contributed by atoms with E-state index >= 15 is 0 Å². The van der Waals surface area contributed by atoms with E-state index in [9.17, 15) is 10.2 Å². The second-order valence-electron chi connectivity index (χ2n) is 4.18. The molecule has 1 heterocycles. The molecule has 0 aliphatic carbocycles. The smallest absolute Gasteiger partial charge is 0.118 e. The van der Waals surface area contributed by atoms with Gasteiger partial charge >= 0.3 is 0 Å². The van der Waals surface area contributed by atoms with Crippen LogP contribution in [-0.4, -0.2) is 47.5 Å². The zero-order chi connectivity index (χ0) is 11.5. The second kappa shape index (κ2) is 4.82. The summed E-state index contributed by atoms with van der Waals surface area (Å²) in [6, 6.07) is 7.82. The molecule has 0 unspecified atom stereocenters. The molecule has 1 aliphatic heterocycles. The van der Waals surface area contributed by atoms with Crippen molar-refractivity contribution < 1.29 is 14.9 Å². The minimum atomic E-state index is -0.613. The fourth-order valence-electron chi connectivity index (χ4n) is 1.97. The van der Waals surface area contributed by atoms with Crippen molar-refractivity contribution in [2.75, 3.05) is 20.2 Å². The van der Waals surface area contributed by atoms with Crippen molar-refractivity contribution in [1.82, 2.24) is 4.90 Å². The van der Waals surface area contributed by atoms with E-state index < -0.39 is 12.2 Å². The highest BCUT2D eigenvalue weighted by molar-refractivity contribution is 5.27. The summed E-state index contributed by atoms with van der Waals surface area (Å²) in [4.78, 5) is 2.04. The molecule has 0 radical (unpaired) electrons. The molecule has 0 bridgehead atoms. The standard InChI is InChI=1S/C12H17NO3/c1-16-10-4-2-9(3-5-10)6-13-7-11(14)12(15)8-13/h2-5,11-12,14-15H,6-8H2,1H3/t11-,12+. The second-order valence-corrected chi connectivity index (χ2v) is 4.18. The fraction of sp³-hybridized carbons (Fsp3) is 0.500. The number of methoxy groups -OCH3 is 1. The number of aliphatic hydroxyl groups is 2. The minimum Gasteiger partial charge on any atom is -0.497 e. The number of benzene rings is 1. The molecule has 0 amide bonds. The van der Waals surface area contributed by atoms with Gasteiger partial charge in [0.15, 0.2) is 0 Å². The third kappa shape index (κ3) is 2.52. The number of hydrogen-bond acceptors (Lipinski definition) is 4. The summed E-state index contributed by atoms with van der Waals surface area (Å²) < 4.78 is 5.08. The average Bonchev–Trinajstić information content (AvgIpc) is 2.59. The van der Waals surface area contributed by atoms with Gasteiger partial charge in [-0.2, -0.15) is 0 Å². The topological polar surface area (TPSA) is 52.9 Å². The fourth-order valence-corrected chi connectivity index (χ4v) is 1.97. The Morgan fingerprint density at radius 3 is 2.25 bits per heavy atom. The lowest BCUT2D eigenvalue weighted by molar-refractivity contribution is 0.0572. The maximum atomic E-state index is 9.42. The monoisotopic (exact) mass is 223 g/mol. The van der Waals surface area contributed by atoms with Gasteiger partial charge in [-0.1, -0.05) is 12.1 Å². The van der Waals surface area contributed by atoms with Gasteiger partial charge in [0.2, 0.25) is 0 Å². The summed E-state index contributed by atoms with van der Waals surface area (Å²) in [6.45, 7) is 1.82. The van der Waals surface area contributed by atoms with Crippen LogP contribution in [0.3, 0.4) is 0 Å². The van der Waals surface area contributed by atoms with Crippen molar-refractivity contribution in [2.45, 2.75) is 18.8 Å². The van der Waals surface area contributed by atoms with Crippen molar-refractivity contribution in [3.8, 4) is 5.75 Å². The highest BCUT2D eigenvalue weighted by Gasteiger charge is 2.29. The number of aliphatic hydroxyl groups excluding tert-OH is 2. The first-order valence-corrected chi connectivity index (χ1v) is 5.40. The SMILES string of the molecule is COc1ccc(CN2C[C@@H](O)[C@@H](O)C2)cc1. The van der Waals surface area contributed by atoms with Gasteiger partial charge in [0.25, 0.3) is 0 Å². The molecule has 1 saturated heterocycles. The van der Waals surface area contributed by atoms with E-state index in [4.69, 9.17) is 4.74 Å². The Morgan fingerprint density at radius 1 is 1.19 bits per heavy atom. The number of hydrogen-bond donors (Lipinski definition) is 2. The van der Waals surface area contributed by atoms with Gasteiger partial charge in [-0.15, -0.1) is 0 Å². The number of rotatable bonds is 3. The van der Waals surface area contributed by atoms with Crippen LogP contribution in [0.2, 0.25) is 0 Å². The molecule has 1 fully saturated rings. The van der Waals surface area contributed by atoms with E-state index in [2.05, 4.69) is 0 Å². The molecule has 1 aromatic carbocycles. The first-order valence-electron chi connectivity index (χ1n) is 5.40. The molecular formula is C12H17NO3. The van der Waals surface area contributed by atoms with Gasteiger partial charge in [0.1, 0.15) is 5.75 Å². The Bertz CT molecular complexity index is 329. The van der Waals surface area contributed by atoms with Crippen molar-refractivity contribution in [2.24, 2.45) is 0 Å². The van der Waals surface area contributed by atoms with Gasteiger partial charge in [-0.25, -0.2) is 0 Å². The Morgan fingerprint density at radius 2 is 1.75 bits per heavy atom. The Kier molecular flexibility index (Phi) is 3.43. The first kappa shape index (κ1) is 11.4. The van der Waals surface area contributed by atoms with Crippen LogP contribution in [0, 0.1) is 0 Å². The highest BCUT2D eigenvalue weighted by atomic mass is 16.5. The highest BCUT2D eigenvalue weighted by Crippen LogP contribution is 2.16. The maximum absolute atomic E-state index is 9.42. The van der Waals surface area contributed by atoms with Gasteiger partial charge in [-0.3, -0.25) is 4.90 Å². The van der Waals surface area contributed by atoms with E-state index in [0.29, 0.717) is 13.1 Å². The Balaban J connectivity index is 1.94. The molecule has 0 saturated carbocycles. The van der Waals surface area contributed by atoms with E-state index in [-0.39, 0.29) is 0 Å². The van der Waals surface area contributed by atoms with Crippen LogP contribution >= 0.6 is 0 Å². The molecule has 4 heteroatoms. The predicted octanol–water partition coefficient (Wildman–Crippen LogP) is 0.233. The van der Waals surface area contributed by atoms with Crippen LogP contribution in [-0.2, 0) is 6.54 Å². The molecule has 4 nitrogen and oxygen atoms in total. The zero-order valence-electron chi connectivity index (χ0n) is 9.34. The molecular weight excluding hydrogens is 206 g/mol. The molecule has 0 aromatic heterocycles. The van der Waals surface area contributed by atoms with Gasteiger partial charge in [-0.05, 0) is 17.7 Å². The van der Waals surface area contributed by atoms with E-state index in [1.54, 1.807) is 7.11 Å². The van der Waals surface area contributed by atoms with Crippen molar-refractivity contribution in [1.29, 1.82) is 0 Å². The third-order valence-corrected chi connectivity index (χ3v) is 2.90. The molecule has 88 valence electrons. The summed E-state index contributed by atoms with van der Waals surface area (Å²) in [5, 5.41) is 18.8. The molecule has 2 atom stereocenters. The van der Waals surface area contributed by atoms with Crippen LogP contribution in [0.25, 0.3) is 0 Å². The van der Waals surface area contributed by atoms with Gasteiger partial charge in [0.05, 0.1) is 19.3 Å². The molecule has 2 N–H and O–H groups in total. The Labute approximate surface area is 95.1 Å². The molecule has 0 spiro atoms. The summed E-state index contributed by atoms with van der Waals surface area (Å²) >= 11 is 0. The van der Waals surface area contributed by atoms with Crippen LogP contribution in [0.4, 0.5) is 0 Å². The van der Waals surface area contributed by atoms with Crippen LogP contribution < -0.4 is 4.74 Å². The third-order valence-electron chi connectivity index (χ3n) is 2.90.